The molecule has 1 heterocycles. The van der Waals surface area contributed by atoms with Gasteiger partial charge in [-0.05, 0) is 58.5 Å². The van der Waals surface area contributed by atoms with Crippen LogP contribution < -0.4 is 0 Å². The van der Waals surface area contributed by atoms with Crippen molar-refractivity contribution in [3.8, 4) is 0 Å². The number of fused-ring (bicyclic) bond motifs is 2. The first-order chi connectivity index (χ1) is 9.08. The van der Waals surface area contributed by atoms with E-state index in [1.165, 1.54) is 0 Å². The minimum atomic E-state index is 0.0238. The lowest BCUT2D eigenvalue weighted by atomic mass is 9.99. The van der Waals surface area contributed by atoms with Gasteiger partial charge < -0.3 is 0 Å². The Hall–Kier alpha value is -1.00. The Balaban J connectivity index is 2.22. The Morgan fingerprint density at radius 3 is 2.79 bits per heavy atom. The summed E-state index contributed by atoms with van der Waals surface area (Å²) in [4.78, 5) is 16.9. The lowest BCUT2D eigenvalue weighted by molar-refractivity contribution is 0.103. The zero-order valence-electron chi connectivity index (χ0n) is 10.3. The monoisotopic (exact) mass is 379 g/mol. The number of ketones is 1. The van der Waals surface area contributed by atoms with E-state index >= 15 is 0 Å². The van der Waals surface area contributed by atoms with E-state index in [1.807, 2.05) is 25.1 Å². The van der Waals surface area contributed by atoms with Crippen molar-refractivity contribution in [2.45, 2.75) is 19.8 Å². The maximum absolute atomic E-state index is 12.6. The minimum absolute atomic E-state index is 0.0238. The standard InChI is InChI=1S/C15H11Br2NO/c1-8-2-4-12-11(13(8)17)5-3-9-6-10(16)7-18-14(9)15(12)19/h2,4,6-7H,3,5H2,1H3. The van der Waals surface area contributed by atoms with Crippen LogP contribution >= 0.6 is 31.9 Å². The van der Waals surface area contributed by atoms with Crippen molar-refractivity contribution >= 4 is 37.6 Å². The van der Waals surface area contributed by atoms with Gasteiger partial charge in [0.15, 0.2) is 0 Å². The Kier molecular flexibility index (Phi) is 3.31. The molecular formula is C15H11Br2NO. The average molecular weight is 381 g/mol. The topological polar surface area (TPSA) is 30.0 Å². The van der Waals surface area contributed by atoms with E-state index in [2.05, 4.69) is 36.8 Å². The summed E-state index contributed by atoms with van der Waals surface area (Å²) in [6, 6.07) is 5.88. The number of pyridine rings is 1. The van der Waals surface area contributed by atoms with Crippen molar-refractivity contribution in [1.82, 2.24) is 4.98 Å². The van der Waals surface area contributed by atoms with E-state index in [0.29, 0.717) is 5.69 Å². The highest BCUT2D eigenvalue weighted by molar-refractivity contribution is 9.10. The van der Waals surface area contributed by atoms with Crippen LogP contribution in [0.4, 0.5) is 0 Å². The predicted octanol–water partition coefficient (Wildman–Crippen LogP) is 4.24. The summed E-state index contributed by atoms with van der Waals surface area (Å²) in [5.74, 6) is 0.0238. The highest BCUT2D eigenvalue weighted by atomic mass is 79.9. The number of nitrogens with zero attached hydrogens (tertiary/aromatic N) is 1. The van der Waals surface area contributed by atoms with Gasteiger partial charge in [-0.3, -0.25) is 9.78 Å². The molecular weight excluding hydrogens is 370 g/mol. The van der Waals surface area contributed by atoms with Crippen LogP contribution in [0.5, 0.6) is 0 Å². The van der Waals surface area contributed by atoms with E-state index in [1.54, 1.807) is 6.20 Å². The molecule has 1 aliphatic rings. The first kappa shape index (κ1) is 13.0. The molecule has 96 valence electrons. The van der Waals surface area contributed by atoms with Crippen LogP contribution in [0.15, 0.2) is 33.3 Å². The van der Waals surface area contributed by atoms with E-state index in [9.17, 15) is 4.79 Å². The van der Waals surface area contributed by atoms with Crippen LogP contribution in [0.25, 0.3) is 0 Å². The number of hydrogen-bond donors (Lipinski definition) is 0. The molecule has 0 amide bonds. The Labute approximate surface area is 128 Å². The number of rotatable bonds is 0. The third-order valence-corrected chi connectivity index (χ3v) is 5.01. The van der Waals surface area contributed by atoms with E-state index in [-0.39, 0.29) is 5.78 Å². The van der Waals surface area contributed by atoms with Crippen molar-refractivity contribution < 1.29 is 4.79 Å². The molecule has 0 radical (unpaired) electrons. The van der Waals surface area contributed by atoms with Crippen LogP contribution in [-0.2, 0) is 12.8 Å². The minimum Gasteiger partial charge on any atom is -0.287 e. The zero-order chi connectivity index (χ0) is 13.6. The van der Waals surface area contributed by atoms with Crippen LogP contribution in [0.3, 0.4) is 0 Å². The van der Waals surface area contributed by atoms with Crippen molar-refractivity contribution in [3.05, 3.63) is 61.3 Å². The maximum Gasteiger partial charge on any atom is 0.211 e. The number of aromatic nitrogens is 1. The highest BCUT2D eigenvalue weighted by Crippen LogP contribution is 2.31. The molecule has 3 rings (SSSR count). The first-order valence-electron chi connectivity index (χ1n) is 6.05. The SMILES string of the molecule is Cc1ccc2c(c1Br)CCc1cc(Br)cnc1C2=O. The van der Waals surface area contributed by atoms with Crippen molar-refractivity contribution in [2.75, 3.05) is 0 Å². The molecule has 4 heteroatoms. The Morgan fingerprint density at radius 2 is 2.00 bits per heavy atom. The average Bonchev–Trinajstić information content (AvgIpc) is 2.52. The summed E-state index contributed by atoms with van der Waals surface area (Å²) in [5.41, 5.74) is 4.62. The second-order valence-corrected chi connectivity index (χ2v) is 6.42. The third-order valence-electron chi connectivity index (χ3n) is 3.47. The van der Waals surface area contributed by atoms with Gasteiger partial charge in [0.2, 0.25) is 5.78 Å². The second-order valence-electron chi connectivity index (χ2n) is 4.71. The van der Waals surface area contributed by atoms with Gasteiger partial charge in [0.05, 0.1) is 0 Å². The van der Waals surface area contributed by atoms with Gasteiger partial charge >= 0.3 is 0 Å². The van der Waals surface area contributed by atoms with E-state index in [4.69, 9.17) is 0 Å². The van der Waals surface area contributed by atoms with Gasteiger partial charge in [0, 0.05) is 20.7 Å². The number of carbonyl (C=O) groups is 1. The molecule has 1 aliphatic carbocycles. The summed E-state index contributed by atoms with van der Waals surface area (Å²) in [6.45, 7) is 2.04. The molecule has 19 heavy (non-hydrogen) atoms. The van der Waals surface area contributed by atoms with E-state index < -0.39 is 0 Å². The molecule has 0 aliphatic heterocycles. The van der Waals surface area contributed by atoms with Crippen LogP contribution in [0.2, 0.25) is 0 Å². The molecule has 0 saturated heterocycles. The molecule has 0 fully saturated rings. The largest absolute Gasteiger partial charge is 0.287 e. The van der Waals surface area contributed by atoms with Crippen LogP contribution in [0.1, 0.15) is 32.7 Å². The molecule has 1 aromatic carbocycles. The van der Waals surface area contributed by atoms with Gasteiger partial charge in [0.1, 0.15) is 5.69 Å². The van der Waals surface area contributed by atoms with Gasteiger partial charge in [-0.1, -0.05) is 28.1 Å². The molecule has 2 nitrogen and oxygen atoms in total. The van der Waals surface area contributed by atoms with Gasteiger partial charge in [-0.15, -0.1) is 0 Å². The fourth-order valence-corrected chi connectivity index (χ4v) is 3.38. The van der Waals surface area contributed by atoms with Crippen LogP contribution in [0, 0.1) is 6.92 Å². The Morgan fingerprint density at radius 1 is 1.21 bits per heavy atom. The fraction of sp³-hybridized carbons (Fsp3) is 0.200. The summed E-state index contributed by atoms with van der Waals surface area (Å²) in [6.07, 6.45) is 3.38. The molecule has 1 aromatic heterocycles. The van der Waals surface area contributed by atoms with Gasteiger partial charge in [-0.2, -0.15) is 0 Å². The lowest BCUT2D eigenvalue weighted by Crippen LogP contribution is -2.07. The smallest absolute Gasteiger partial charge is 0.211 e. The highest BCUT2D eigenvalue weighted by Gasteiger charge is 2.24. The maximum atomic E-state index is 12.6. The predicted molar refractivity (Wildman–Crippen MR) is 81.7 cm³/mol. The van der Waals surface area contributed by atoms with Crippen molar-refractivity contribution in [2.24, 2.45) is 0 Å². The number of benzene rings is 1. The molecule has 0 saturated carbocycles. The lowest BCUT2D eigenvalue weighted by Gasteiger charge is -2.09. The van der Waals surface area contributed by atoms with Crippen molar-refractivity contribution in [1.29, 1.82) is 0 Å². The quantitative estimate of drug-likeness (QED) is 0.683. The summed E-state index contributed by atoms with van der Waals surface area (Å²) in [5, 5.41) is 0. The third kappa shape index (κ3) is 2.17. The second kappa shape index (κ2) is 4.84. The molecule has 0 atom stereocenters. The summed E-state index contributed by atoms with van der Waals surface area (Å²) >= 11 is 7.02. The fourth-order valence-electron chi connectivity index (χ4n) is 2.46. The molecule has 0 N–H and O–H groups in total. The molecule has 0 spiro atoms. The normalized spacial score (nSPS) is 13.7. The molecule has 2 aromatic rings. The first-order valence-corrected chi connectivity index (χ1v) is 7.63. The summed E-state index contributed by atoms with van der Waals surface area (Å²) in [7, 11) is 0. The van der Waals surface area contributed by atoms with Crippen LogP contribution in [-0.4, -0.2) is 10.8 Å². The number of carbonyl (C=O) groups excluding carboxylic acids is 1. The zero-order valence-corrected chi connectivity index (χ0v) is 13.5. The summed E-state index contributed by atoms with van der Waals surface area (Å²) < 4.78 is 1.96. The van der Waals surface area contributed by atoms with Gasteiger partial charge in [-0.25, -0.2) is 0 Å². The number of aryl methyl sites for hydroxylation is 2. The van der Waals surface area contributed by atoms with Gasteiger partial charge in [0.25, 0.3) is 0 Å². The van der Waals surface area contributed by atoms with E-state index in [0.717, 1.165) is 44.0 Å². The molecule has 0 unspecified atom stereocenters. The Bertz CT molecular complexity index is 695. The molecule has 0 bridgehead atoms. The van der Waals surface area contributed by atoms with Crippen molar-refractivity contribution in [3.63, 3.8) is 0 Å². The number of hydrogen-bond acceptors (Lipinski definition) is 2. The number of halogens is 2.